The van der Waals surface area contributed by atoms with Crippen LogP contribution < -0.4 is 10.6 Å². The Bertz CT molecular complexity index is 420. The summed E-state index contributed by atoms with van der Waals surface area (Å²) in [6.45, 7) is 9.29. The van der Waals surface area contributed by atoms with E-state index in [0.29, 0.717) is 17.4 Å². The van der Waals surface area contributed by atoms with Gasteiger partial charge in [-0.15, -0.1) is 0 Å². The van der Waals surface area contributed by atoms with Gasteiger partial charge in [-0.25, -0.2) is 4.98 Å². The van der Waals surface area contributed by atoms with Crippen molar-refractivity contribution in [1.29, 1.82) is 0 Å². The van der Waals surface area contributed by atoms with Crippen molar-refractivity contribution in [3.63, 3.8) is 0 Å². The topological polar surface area (TPSA) is 66.9 Å². The first kappa shape index (κ1) is 16.4. The Morgan fingerprint density at radius 3 is 2.65 bits per heavy atom. The van der Waals surface area contributed by atoms with E-state index in [9.17, 15) is 4.79 Å². The van der Waals surface area contributed by atoms with Crippen LogP contribution in [0.25, 0.3) is 0 Å². The molecule has 1 aromatic heterocycles. The summed E-state index contributed by atoms with van der Waals surface area (Å²) >= 11 is 0. The molecule has 0 aliphatic heterocycles. The van der Waals surface area contributed by atoms with Gasteiger partial charge in [-0.05, 0) is 32.1 Å². The zero-order chi connectivity index (χ0) is 15.0. The Labute approximate surface area is 121 Å². The molecule has 0 fully saturated rings. The highest BCUT2D eigenvalue weighted by molar-refractivity contribution is 5.92. The average Bonchev–Trinajstić information content (AvgIpc) is 2.43. The maximum Gasteiger partial charge on any atom is 0.271 e. The molecule has 2 N–H and O–H groups in total. The van der Waals surface area contributed by atoms with Crippen molar-refractivity contribution in [3.8, 4) is 0 Å². The number of hydrogen-bond acceptors (Lipinski definition) is 4. The number of aromatic nitrogens is 2. The third-order valence-electron chi connectivity index (χ3n) is 2.98. The lowest BCUT2D eigenvalue weighted by atomic mass is 10.0. The maximum atomic E-state index is 12.1. The second-order valence-corrected chi connectivity index (χ2v) is 5.56. The summed E-state index contributed by atoms with van der Waals surface area (Å²) in [5.74, 6) is 1.14. The normalized spacial score (nSPS) is 12.2. The quantitative estimate of drug-likeness (QED) is 0.767. The minimum atomic E-state index is -0.158. The van der Waals surface area contributed by atoms with E-state index in [2.05, 4.69) is 41.4 Å². The summed E-state index contributed by atoms with van der Waals surface area (Å²) in [6, 6.07) is 0.152. The summed E-state index contributed by atoms with van der Waals surface area (Å²) < 4.78 is 0. The molecule has 0 radical (unpaired) electrons. The lowest BCUT2D eigenvalue weighted by Crippen LogP contribution is -2.33. The smallest absolute Gasteiger partial charge is 0.271 e. The second kappa shape index (κ2) is 8.51. The highest BCUT2D eigenvalue weighted by atomic mass is 16.1. The molecule has 20 heavy (non-hydrogen) atoms. The van der Waals surface area contributed by atoms with Crippen molar-refractivity contribution >= 4 is 11.7 Å². The number of hydrogen-bond donors (Lipinski definition) is 2. The fourth-order valence-corrected chi connectivity index (χ4v) is 1.77. The van der Waals surface area contributed by atoms with Crippen LogP contribution in [0.15, 0.2) is 12.4 Å². The zero-order valence-electron chi connectivity index (χ0n) is 12.9. The Hall–Kier alpha value is -1.65. The van der Waals surface area contributed by atoms with E-state index in [1.165, 1.54) is 6.20 Å². The Kier molecular flexibility index (Phi) is 6.98. The third-order valence-corrected chi connectivity index (χ3v) is 2.98. The fraction of sp³-hybridized carbons (Fsp3) is 0.667. The number of anilines is 1. The molecule has 0 aliphatic carbocycles. The number of nitrogens with one attached hydrogen (secondary N) is 2. The van der Waals surface area contributed by atoms with Gasteiger partial charge >= 0.3 is 0 Å². The summed E-state index contributed by atoms with van der Waals surface area (Å²) in [5, 5.41) is 6.10. The van der Waals surface area contributed by atoms with Gasteiger partial charge in [0.25, 0.3) is 5.91 Å². The Morgan fingerprint density at radius 2 is 2.00 bits per heavy atom. The van der Waals surface area contributed by atoms with Crippen LogP contribution in [0.5, 0.6) is 0 Å². The molecule has 1 unspecified atom stereocenters. The molecule has 1 atom stereocenters. The summed E-state index contributed by atoms with van der Waals surface area (Å²) in [6.07, 6.45) is 6.22. The molecule has 0 bridgehead atoms. The number of carbonyl (C=O) groups excluding carboxylic acids is 1. The standard InChI is InChI=1S/C15H26N4O/c1-5-8-17-14-10-16-9-13(19-14)15(20)18-12(4)7-6-11(2)3/h9-12H,5-8H2,1-4H3,(H,17,19)(H,18,20). The van der Waals surface area contributed by atoms with Crippen LogP contribution in [-0.4, -0.2) is 28.5 Å². The average molecular weight is 278 g/mol. The van der Waals surface area contributed by atoms with Crippen molar-refractivity contribution < 1.29 is 4.79 Å². The lowest BCUT2D eigenvalue weighted by Gasteiger charge is -2.15. The van der Waals surface area contributed by atoms with Crippen LogP contribution in [0.4, 0.5) is 5.82 Å². The molecule has 5 heteroatoms. The SMILES string of the molecule is CCCNc1cncc(C(=O)NC(C)CCC(C)C)n1. The number of rotatable bonds is 8. The van der Waals surface area contributed by atoms with Gasteiger partial charge < -0.3 is 10.6 Å². The molecule has 0 saturated carbocycles. The van der Waals surface area contributed by atoms with E-state index in [-0.39, 0.29) is 11.9 Å². The molecule has 112 valence electrons. The van der Waals surface area contributed by atoms with E-state index < -0.39 is 0 Å². The van der Waals surface area contributed by atoms with E-state index in [1.54, 1.807) is 6.20 Å². The molecule has 1 heterocycles. The van der Waals surface area contributed by atoms with Crippen LogP contribution >= 0.6 is 0 Å². The van der Waals surface area contributed by atoms with Gasteiger partial charge in [0.15, 0.2) is 0 Å². The van der Waals surface area contributed by atoms with Crippen LogP contribution in [0.2, 0.25) is 0 Å². The largest absolute Gasteiger partial charge is 0.369 e. The van der Waals surface area contributed by atoms with E-state index in [1.807, 2.05) is 6.92 Å². The molecule has 1 amide bonds. The van der Waals surface area contributed by atoms with Crippen molar-refractivity contribution in [2.45, 2.75) is 53.0 Å². The van der Waals surface area contributed by atoms with Crippen LogP contribution in [0.1, 0.15) is 57.4 Å². The first-order valence-corrected chi connectivity index (χ1v) is 7.39. The van der Waals surface area contributed by atoms with Gasteiger partial charge in [-0.1, -0.05) is 20.8 Å². The summed E-state index contributed by atoms with van der Waals surface area (Å²) in [4.78, 5) is 20.4. The molecule has 0 aliphatic rings. The first-order chi connectivity index (χ1) is 9.52. The highest BCUT2D eigenvalue weighted by Crippen LogP contribution is 2.07. The number of nitrogens with zero attached hydrogens (tertiary/aromatic N) is 2. The maximum absolute atomic E-state index is 12.1. The predicted octanol–water partition coefficient (Wildman–Crippen LogP) is 2.85. The molecular weight excluding hydrogens is 252 g/mol. The molecule has 0 spiro atoms. The van der Waals surface area contributed by atoms with Crippen molar-refractivity contribution in [2.24, 2.45) is 5.92 Å². The van der Waals surface area contributed by atoms with Gasteiger partial charge in [0.2, 0.25) is 0 Å². The van der Waals surface area contributed by atoms with Crippen LogP contribution in [0.3, 0.4) is 0 Å². The highest BCUT2D eigenvalue weighted by Gasteiger charge is 2.12. The molecule has 0 saturated heterocycles. The Balaban J connectivity index is 2.54. The Morgan fingerprint density at radius 1 is 1.25 bits per heavy atom. The third kappa shape index (κ3) is 5.99. The minimum absolute atomic E-state index is 0.152. The molecule has 1 aromatic rings. The first-order valence-electron chi connectivity index (χ1n) is 7.39. The van der Waals surface area contributed by atoms with Gasteiger partial charge in [-0.3, -0.25) is 9.78 Å². The fourth-order valence-electron chi connectivity index (χ4n) is 1.77. The molecule has 0 aromatic carbocycles. The molecular formula is C15H26N4O. The van der Waals surface area contributed by atoms with Crippen molar-refractivity contribution in [3.05, 3.63) is 18.1 Å². The van der Waals surface area contributed by atoms with Gasteiger partial charge in [-0.2, -0.15) is 0 Å². The van der Waals surface area contributed by atoms with E-state index >= 15 is 0 Å². The van der Waals surface area contributed by atoms with Gasteiger partial charge in [0, 0.05) is 12.6 Å². The van der Waals surface area contributed by atoms with E-state index in [4.69, 9.17) is 0 Å². The molecule has 5 nitrogen and oxygen atoms in total. The van der Waals surface area contributed by atoms with E-state index in [0.717, 1.165) is 25.8 Å². The van der Waals surface area contributed by atoms with Crippen molar-refractivity contribution in [2.75, 3.05) is 11.9 Å². The molecule has 1 rings (SSSR count). The minimum Gasteiger partial charge on any atom is -0.369 e. The van der Waals surface area contributed by atoms with Crippen LogP contribution in [-0.2, 0) is 0 Å². The summed E-state index contributed by atoms with van der Waals surface area (Å²) in [5.41, 5.74) is 0.363. The zero-order valence-corrected chi connectivity index (χ0v) is 12.9. The van der Waals surface area contributed by atoms with Crippen molar-refractivity contribution in [1.82, 2.24) is 15.3 Å². The van der Waals surface area contributed by atoms with Gasteiger partial charge in [0.1, 0.15) is 11.5 Å². The number of amides is 1. The van der Waals surface area contributed by atoms with Crippen LogP contribution in [0, 0.1) is 5.92 Å². The number of carbonyl (C=O) groups is 1. The van der Waals surface area contributed by atoms with Gasteiger partial charge in [0.05, 0.1) is 12.4 Å². The lowest BCUT2D eigenvalue weighted by molar-refractivity contribution is 0.0932. The predicted molar refractivity (Wildman–Crippen MR) is 81.8 cm³/mol. The monoisotopic (exact) mass is 278 g/mol. The second-order valence-electron chi connectivity index (χ2n) is 5.56. The summed E-state index contributed by atoms with van der Waals surface area (Å²) in [7, 11) is 0.